The Morgan fingerprint density at radius 2 is 1.59 bits per heavy atom. The van der Waals surface area contributed by atoms with E-state index in [0.717, 1.165) is 43.2 Å². The topological polar surface area (TPSA) is 57.6 Å². The lowest BCUT2D eigenvalue weighted by Crippen LogP contribution is -2.37. The van der Waals surface area contributed by atoms with E-state index in [4.69, 9.17) is 0 Å². The van der Waals surface area contributed by atoms with Crippen molar-refractivity contribution in [2.75, 3.05) is 6.54 Å². The van der Waals surface area contributed by atoms with E-state index in [0.29, 0.717) is 11.4 Å². The van der Waals surface area contributed by atoms with E-state index in [-0.39, 0.29) is 12.0 Å². The van der Waals surface area contributed by atoms with Crippen LogP contribution in [0.15, 0.2) is 40.8 Å². The average Bonchev–Trinajstić information content (AvgIpc) is 3.04. The highest BCUT2D eigenvalue weighted by Gasteiger charge is 2.37. The first-order valence-electron chi connectivity index (χ1n) is 10.4. The highest BCUT2D eigenvalue weighted by atomic mass is 32.2. The van der Waals surface area contributed by atoms with Crippen molar-refractivity contribution in [3.63, 3.8) is 0 Å². The molecule has 2 aliphatic rings. The number of benzene rings is 1. The Morgan fingerprint density at radius 1 is 1.00 bits per heavy atom. The van der Waals surface area contributed by atoms with Crippen LogP contribution in [-0.2, 0) is 10.0 Å². The van der Waals surface area contributed by atoms with Crippen LogP contribution < -0.4 is 0 Å². The largest absolute Gasteiger partial charge is 0.393 e. The fourth-order valence-electron chi connectivity index (χ4n) is 4.42. The molecule has 1 N–H and O–H groups in total. The summed E-state index contributed by atoms with van der Waals surface area (Å²) in [5, 5.41) is 10.3. The number of fused-ring (bicyclic) bond motifs is 1. The molecule has 27 heavy (non-hydrogen) atoms. The van der Waals surface area contributed by atoms with Gasteiger partial charge in [-0.2, -0.15) is 4.31 Å². The number of sulfonamides is 1. The lowest BCUT2D eigenvalue weighted by atomic mass is 9.88. The van der Waals surface area contributed by atoms with Crippen molar-refractivity contribution in [1.82, 2.24) is 4.31 Å². The Labute approximate surface area is 164 Å². The van der Waals surface area contributed by atoms with Crippen LogP contribution in [0.2, 0.25) is 0 Å². The maximum atomic E-state index is 13.3. The van der Waals surface area contributed by atoms with Gasteiger partial charge in [0.25, 0.3) is 0 Å². The summed E-state index contributed by atoms with van der Waals surface area (Å²) in [5.74, 6) is 0.0603. The van der Waals surface area contributed by atoms with Crippen LogP contribution in [0, 0.1) is 12.8 Å². The van der Waals surface area contributed by atoms with Gasteiger partial charge in [-0.3, -0.25) is 0 Å². The standard InChI is InChI=1S/C22H33NO3S/c1-17-11-13-21(14-12-17)27(25,26)23-16-19-15-20(23)9-7-5-3-4-6-8-10-22(19)18(2)24/h11-15,18,20,22,24H,3-10,16H2,1-2H3. The predicted molar refractivity (Wildman–Crippen MR) is 109 cm³/mol. The number of hydrogen-bond acceptors (Lipinski definition) is 3. The molecule has 0 fully saturated rings. The van der Waals surface area contributed by atoms with Gasteiger partial charge in [-0.25, -0.2) is 8.42 Å². The fraction of sp³-hybridized carbons (Fsp3) is 0.636. The molecule has 0 saturated heterocycles. The van der Waals surface area contributed by atoms with E-state index in [9.17, 15) is 13.5 Å². The molecule has 0 spiro atoms. The van der Waals surface area contributed by atoms with Crippen molar-refractivity contribution < 1.29 is 13.5 Å². The summed E-state index contributed by atoms with van der Waals surface area (Å²) in [5.41, 5.74) is 2.16. The van der Waals surface area contributed by atoms with E-state index < -0.39 is 16.1 Å². The van der Waals surface area contributed by atoms with Crippen LogP contribution in [0.1, 0.15) is 63.9 Å². The van der Waals surface area contributed by atoms with Crippen LogP contribution in [0.25, 0.3) is 0 Å². The lowest BCUT2D eigenvalue weighted by Gasteiger charge is -2.25. The molecule has 0 aromatic heterocycles. The van der Waals surface area contributed by atoms with Gasteiger partial charge in [-0.15, -0.1) is 0 Å². The normalized spacial score (nSPS) is 26.7. The number of aliphatic hydroxyl groups is 1. The predicted octanol–water partition coefficient (Wildman–Crippen LogP) is 4.43. The van der Waals surface area contributed by atoms with Crippen molar-refractivity contribution in [2.45, 2.75) is 82.3 Å². The summed E-state index contributed by atoms with van der Waals surface area (Å²) in [6.45, 7) is 4.21. The van der Waals surface area contributed by atoms with Gasteiger partial charge in [-0.1, -0.05) is 67.9 Å². The molecule has 150 valence electrons. The number of aliphatic hydroxyl groups excluding tert-OH is 1. The first-order chi connectivity index (χ1) is 12.9. The van der Waals surface area contributed by atoms with Crippen LogP contribution in [-0.4, -0.2) is 36.5 Å². The second-order valence-electron chi connectivity index (χ2n) is 8.22. The maximum absolute atomic E-state index is 13.3. The molecule has 3 atom stereocenters. The van der Waals surface area contributed by atoms with E-state index in [2.05, 4.69) is 6.08 Å². The van der Waals surface area contributed by atoms with Crippen LogP contribution in [0.4, 0.5) is 0 Å². The summed E-state index contributed by atoms with van der Waals surface area (Å²) in [6, 6.07) is 7.04. The van der Waals surface area contributed by atoms with Crippen molar-refractivity contribution >= 4 is 10.0 Å². The second kappa shape index (κ2) is 8.89. The van der Waals surface area contributed by atoms with Gasteiger partial charge in [-0.05, 0) is 38.8 Å². The minimum Gasteiger partial charge on any atom is -0.393 e. The van der Waals surface area contributed by atoms with Gasteiger partial charge >= 0.3 is 0 Å². The zero-order chi connectivity index (χ0) is 19.4. The first-order valence-corrected chi connectivity index (χ1v) is 11.8. The van der Waals surface area contributed by atoms with Gasteiger partial charge in [0, 0.05) is 18.5 Å². The summed E-state index contributed by atoms with van der Waals surface area (Å²) in [7, 11) is -3.53. The molecule has 1 heterocycles. The first kappa shape index (κ1) is 20.6. The van der Waals surface area contributed by atoms with Gasteiger partial charge in [0.2, 0.25) is 10.0 Å². The molecular formula is C22H33NO3S. The third-order valence-electron chi connectivity index (χ3n) is 6.07. The van der Waals surface area contributed by atoms with Gasteiger partial charge in [0.15, 0.2) is 0 Å². The smallest absolute Gasteiger partial charge is 0.243 e. The van der Waals surface area contributed by atoms with E-state index in [1.54, 1.807) is 16.4 Å². The molecule has 3 rings (SSSR count). The number of aryl methyl sites for hydroxylation is 1. The van der Waals surface area contributed by atoms with Crippen LogP contribution in [0.5, 0.6) is 0 Å². The monoisotopic (exact) mass is 391 g/mol. The van der Waals surface area contributed by atoms with E-state index in [1.165, 1.54) is 19.3 Å². The van der Waals surface area contributed by atoms with Crippen LogP contribution >= 0.6 is 0 Å². The van der Waals surface area contributed by atoms with Crippen molar-refractivity contribution in [3.05, 3.63) is 41.5 Å². The third kappa shape index (κ3) is 4.82. The molecule has 1 aromatic carbocycles. The van der Waals surface area contributed by atoms with Gasteiger partial charge in [0.1, 0.15) is 0 Å². The zero-order valence-corrected chi connectivity index (χ0v) is 17.4. The Bertz CT molecular complexity index is 752. The summed E-state index contributed by atoms with van der Waals surface area (Å²) in [6.07, 6.45) is 10.5. The minimum absolute atomic E-state index is 0.0603. The zero-order valence-electron chi connectivity index (χ0n) is 16.6. The SMILES string of the molecule is Cc1ccc(S(=O)(=O)N2CC3=CC2CCCCCCCCC3C(C)O)cc1. The minimum atomic E-state index is -3.53. The molecule has 3 unspecified atom stereocenters. The summed E-state index contributed by atoms with van der Waals surface area (Å²) < 4.78 is 28.3. The molecule has 4 nitrogen and oxygen atoms in total. The van der Waals surface area contributed by atoms with Crippen molar-refractivity contribution in [3.8, 4) is 0 Å². The van der Waals surface area contributed by atoms with Crippen molar-refractivity contribution in [1.29, 1.82) is 0 Å². The summed E-state index contributed by atoms with van der Waals surface area (Å²) in [4.78, 5) is 0.366. The maximum Gasteiger partial charge on any atom is 0.243 e. The molecule has 2 bridgehead atoms. The van der Waals surface area contributed by atoms with Crippen LogP contribution in [0.3, 0.4) is 0 Å². The van der Waals surface area contributed by atoms with Gasteiger partial charge in [0.05, 0.1) is 11.0 Å². The fourth-order valence-corrected chi connectivity index (χ4v) is 6.01. The number of rotatable bonds is 3. The Kier molecular flexibility index (Phi) is 6.77. The van der Waals surface area contributed by atoms with E-state index >= 15 is 0 Å². The second-order valence-corrected chi connectivity index (χ2v) is 10.1. The molecule has 1 aromatic rings. The molecule has 1 aliphatic heterocycles. The Morgan fingerprint density at radius 3 is 2.22 bits per heavy atom. The molecular weight excluding hydrogens is 358 g/mol. The lowest BCUT2D eigenvalue weighted by molar-refractivity contribution is 0.135. The molecule has 0 amide bonds. The van der Waals surface area contributed by atoms with Gasteiger partial charge < -0.3 is 5.11 Å². The highest BCUT2D eigenvalue weighted by molar-refractivity contribution is 7.89. The molecule has 0 radical (unpaired) electrons. The number of nitrogens with zero attached hydrogens (tertiary/aromatic N) is 1. The Balaban J connectivity index is 1.89. The quantitative estimate of drug-likeness (QED) is 0.776. The van der Waals surface area contributed by atoms with Crippen molar-refractivity contribution in [2.24, 2.45) is 5.92 Å². The molecule has 5 heteroatoms. The molecule has 1 aliphatic carbocycles. The highest BCUT2D eigenvalue weighted by Crippen LogP contribution is 2.35. The molecule has 0 saturated carbocycles. The Hall–Kier alpha value is -1.17. The number of hydrogen-bond donors (Lipinski definition) is 1. The van der Waals surface area contributed by atoms with E-state index in [1.807, 2.05) is 26.0 Å². The average molecular weight is 392 g/mol. The third-order valence-corrected chi connectivity index (χ3v) is 7.95. The summed E-state index contributed by atoms with van der Waals surface area (Å²) >= 11 is 0.